The highest BCUT2D eigenvalue weighted by Gasteiger charge is 2.26. The predicted molar refractivity (Wildman–Crippen MR) is 82.4 cm³/mol. The summed E-state index contributed by atoms with van der Waals surface area (Å²) < 4.78 is 5.79. The molecule has 1 heterocycles. The highest BCUT2D eigenvalue weighted by atomic mass is 16.5. The Balaban J connectivity index is 1.95. The lowest BCUT2D eigenvalue weighted by Gasteiger charge is -2.31. The molecule has 4 heteroatoms. The highest BCUT2D eigenvalue weighted by molar-refractivity contribution is 5.81. The van der Waals surface area contributed by atoms with Gasteiger partial charge in [0.2, 0.25) is 0 Å². The molecule has 1 fully saturated rings. The van der Waals surface area contributed by atoms with Crippen LogP contribution in [0.1, 0.15) is 45.1 Å². The third-order valence-corrected chi connectivity index (χ3v) is 3.96. The van der Waals surface area contributed by atoms with E-state index in [-0.39, 0.29) is 12.0 Å². The first-order valence-electron chi connectivity index (χ1n) is 7.71. The van der Waals surface area contributed by atoms with Crippen molar-refractivity contribution in [1.29, 1.82) is 0 Å². The van der Waals surface area contributed by atoms with Crippen LogP contribution in [0.15, 0.2) is 24.3 Å². The van der Waals surface area contributed by atoms with Gasteiger partial charge in [0.05, 0.1) is 6.10 Å². The first-order chi connectivity index (χ1) is 9.97. The Hall–Kier alpha value is -1.55. The zero-order valence-corrected chi connectivity index (χ0v) is 13.1. The van der Waals surface area contributed by atoms with E-state index in [0.717, 1.165) is 5.75 Å². The number of ether oxygens (including phenoxy) is 1. The van der Waals surface area contributed by atoms with Gasteiger partial charge in [-0.2, -0.15) is 0 Å². The van der Waals surface area contributed by atoms with Crippen molar-refractivity contribution in [3.8, 4) is 5.75 Å². The topological polar surface area (TPSA) is 49.8 Å². The lowest BCUT2D eigenvalue weighted by molar-refractivity contribution is -0.139. The summed E-state index contributed by atoms with van der Waals surface area (Å²) in [6.45, 7) is 7.27. The molecular weight excluding hydrogens is 266 g/mol. The van der Waals surface area contributed by atoms with Crippen molar-refractivity contribution >= 4 is 5.91 Å². The summed E-state index contributed by atoms with van der Waals surface area (Å²) in [6.07, 6.45) is 0.540. The molecule has 1 aromatic rings. The maximum absolute atomic E-state index is 12.3. The van der Waals surface area contributed by atoms with Crippen LogP contribution >= 0.6 is 0 Å². The smallest absolute Gasteiger partial charge is 0.263 e. The Bertz CT molecular complexity index is 479. The third kappa shape index (κ3) is 4.21. The molecule has 1 unspecified atom stereocenters. The summed E-state index contributed by atoms with van der Waals surface area (Å²) in [7, 11) is 0. The fourth-order valence-electron chi connectivity index (χ4n) is 2.54. The van der Waals surface area contributed by atoms with E-state index < -0.39 is 6.10 Å². The largest absolute Gasteiger partial charge is 0.481 e. The minimum atomic E-state index is -0.498. The average Bonchev–Trinajstić information content (AvgIpc) is 2.47. The van der Waals surface area contributed by atoms with Gasteiger partial charge in [0.1, 0.15) is 5.75 Å². The van der Waals surface area contributed by atoms with Gasteiger partial charge in [-0.05, 0) is 43.4 Å². The molecule has 1 aromatic carbocycles. The number of hydrogen-bond donors (Lipinski definition) is 1. The maximum atomic E-state index is 12.3. The van der Waals surface area contributed by atoms with Crippen LogP contribution in [-0.2, 0) is 4.79 Å². The van der Waals surface area contributed by atoms with Crippen LogP contribution in [-0.4, -0.2) is 41.2 Å². The quantitative estimate of drug-likeness (QED) is 0.927. The molecule has 1 aliphatic heterocycles. The highest BCUT2D eigenvalue weighted by Crippen LogP contribution is 2.21. The number of amides is 1. The van der Waals surface area contributed by atoms with Crippen LogP contribution in [0.2, 0.25) is 0 Å². The molecule has 4 nitrogen and oxygen atoms in total. The number of aliphatic hydroxyl groups excluding tert-OH is 1. The van der Waals surface area contributed by atoms with Crippen molar-refractivity contribution < 1.29 is 14.6 Å². The van der Waals surface area contributed by atoms with Crippen LogP contribution < -0.4 is 4.74 Å². The predicted octanol–water partition coefficient (Wildman–Crippen LogP) is 2.56. The Morgan fingerprint density at radius 3 is 2.57 bits per heavy atom. The Morgan fingerprint density at radius 2 is 1.95 bits per heavy atom. The number of benzene rings is 1. The van der Waals surface area contributed by atoms with Crippen LogP contribution in [0, 0.1) is 0 Å². The fraction of sp³-hybridized carbons (Fsp3) is 0.588. The average molecular weight is 291 g/mol. The van der Waals surface area contributed by atoms with Crippen LogP contribution in [0.4, 0.5) is 0 Å². The summed E-state index contributed by atoms with van der Waals surface area (Å²) in [4.78, 5) is 14.1. The van der Waals surface area contributed by atoms with Gasteiger partial charge >= 0.3 is 0 Å². The molecule has 0 radical (unpaired) electrons. The van der Waals surface area contributed by atoms with Crippen molar-refractivity contribution in [3.63, 3.8) is 0 Å². The first kappa shape index (κ1) is 15.8. The Labute approximate surface area is 126 Å². The second kappa shape index (κ2) is 6.94. The van der Waals surface area contributed by atoms with E-state index >= 15 is 0 Å². The van der Waals surface area contributed by atoms with Crippen LogP contribution in [0.5, 0.6) is 5.75 Å². The molecule has 0 aromatic heterocycles. The molecule has 1 aliphatic rings. The third-order valence-electron chi connectivity index (χ3n) is 3.96. The van der Waals surface area contributed by atoms with E-state index in [1.165, 1.54) is 5.56 Å². The molecule has 0 spiro atoms. The summed E-state index contributed by atoms with van der Waals surface area (Å²) in [5.74, 6) is 1.17. The minimum absolute atomic E-state index is 0.00292. The molecule has 116 valence electrons. The van der Waals surface area contributed by atoms with E-state index in [2.05, 4.69) is 19.9 Å². The molecule has 0 aliphatic carbocycles. The number of hydrogen-bond acceptors (Lipinski definition) is 3. The van der Waals surface area contributed by atoms with Gasteiger partial charge in [-0.15, -0.1) is 0 Å². The minimum Gasteiger partial charge on any atom is -0.481 e. The number of nitrogens with zero attached hydrogens (tertiary/aromatic N) is 1. The van der Waals surface area contributed by atoms with Crippen molar-refractivity contribution in [2.75, 3.05) is 13.1 Å². The van der Waals surface area contributed by atoms with Crippen molar-refractivity contribution in [2.45, 2.75) is 51.7 Å². The van der Waals surface area contributed by atoms with Crippen molar-refractivity contribution in [2.24, 2.45) is 0 Å². The lowest BCUT2D eigenvalue weighted by atomic mass is 10.0. The SMILES string of the molecule is CC(Oc1cccc(C(C)C)c1)C(=O)N1CCC(O)CC1. The summed E-state index contributed by atoms with van der Waals surface area (Å²) >= 11 is 0. The Kier molecular flexibility index (Phi) is 5.23. The van der Waals surface area contributed by atoms with Crippen LogP contribution in [0.3, 0.4) is 0 Å². The normalized spacial score (nSPS) is 17.9. The van der Waals surface area contributed by atoms with E-state index in [4.69, 9.17) is 4.74 Å². The zero-order chi connectivity index (χ0) is 15.4. The van der Waals surface area contributed by atoms with Gasteiger partial charge in [0, 0.05) is 13.1 Å². The molecule has 21 heavy (non-hydrogen) atoms. The van der Waals surface area contributed by atoms with Gasteiger partial charge < -0.3 is 14.7 Å². The summed E-state index contributed by atoms with van der Waals surface area (Å²) in [5.41, 5.74) is 1.20. The van der Waals surface area contributed by atoms with E-state index in [1.807, 2.05) is 18.2 Å². The molecular formula is C17H25NO3. The number of piperidine rings is 1. The number of aliphatic hydroxyl groups is 1. The van der Waals surface area contributed by atoms with Gasteiger partial charge in [0.15, 0.2) is 6.10 Å². The van der Waals surface area contributed by atoms with E-state index in [1.54, 1.807) is 11.8 Å². The monoisotopic (exact) mass is 291 g/mol. The second-order valence-corrected chi connectivity index (χ2v) is 6.04. The zero-order valence-electron chi connectivity index (χ0n) is 13.1. The van der Waals surface area contributed by atoms with E-state index in [9.17, 15) is 9.90 Å². The molecule has 2 rings (SSSR count). The molecule has 1 atom stereocenters. The summed E-state index contributed by atoms with van der Waals surface area (Å²) in [5, 5.41) is 9.50. The standard InChI is InChI=1S/C17H25NO3/c1-12(2)14-5-4-6-16(11-14)21-13(3)17(20)18-9-7-15(19)8-10-18/h4-6,11-13,15,19H,7-10H2,1-3H3. The Morgan fingerprint density at radius 1 is 1.29 bits per heavy atom. The van der Waals surface area contributed by atoms with Crippen LogP contribution in [0.25, 0.3) is 0 Å². The first-order valence-corrected chi connectivity index (χ1v) is 7.71. The van der Waals surface area contributed by atoms with Crippen molar-refractivity contribution in [3.05, 3.63) is 29.8 Å². The maximum Gasteiger partial charge on any atom is 0.263 e. The number of rotatable bonds is 4. The molecule has 1 amide bonds. The van der Waals surface area contributed by atoms with Gasteiger partial charge in [-0.3, -0.25) is 4.79 Å². The molecule has 0 bridgehead atoms. The molecule has 1 saturated heterocycles. The van der Waals surface area contributed by atoms with Gasteiger partial charge in [-0.25, -0.2) is 0 Å². The number of carbonyl (C=O) groups is 1. The number of likely N-dealkylation sites (tertiary alicyclic amines) is 1. The van der Waals surface area contributed by atoms with Gasteiger partial charge in [-0.1, -0.05) is 26.0 Å². The fourth-order valence-corrected chi connectivity index (χ4v) is 2.54. The summed E-state index contributed by atoms with van der Waals surface area (Å²) in [6, 6.07) is 7.90. The van der Waals surface area contributed by atoms with Gasteiger partial charge in [0.25, 0.3) is 5.91 Å². The molecule has 0 saturated carbocycles. The number of carbonyl (C=O) groups excluding carboxylic acids is 1. The lowest BCUT2D eigenvalue weighted by Crippen LogP contribution is -2.45. The second-order valence-electron chi connectivity index (χ2n) is 6.04. The van der Waals surface area contributed by atoms with E-state index in [0.29, 0.717) is 31.8 Å². The molecule has 1 N–H and O–H groups in total. The van der Waals surface area contributed by atoms with Crippen molar-refractivity contribution in [1.82, 2.24) is 4.90 Å².